The molecule has 0 saturated heterocycles. The molecule has 1 heterocycles. The van der Waals surface area contributed by atoms with Crippen LogP contribution in [0.2, 0.25) is 0 Å². The van der Waals surface area contributed by atoms with Gasteiger partial charge >= 0.3 is 0 Å². The Morgan fingerprint density at radius 2 is 1.91 bits per heavy atom. The van der Waals surface area contributed by atoms with Crippen molar-refractivity contribution in [3.63, 3.8) is 0 Å². The van der Waals surface area contributed by atoms with Gasteiger partial charge in [-0.25, -0.2) is 9.97 Å². The minimum atomic E-state index is -0.207. The normalized spacial score (nSPS) is 10.5. The lowest BCUT2D eigenvalue weighted by atomic mass is 10.2. The van der Waals surface area contributed by atoms with Crippen molar-refractivity contribution < 1.29 is 9.53 Å². The maximum Gasteiger partial charge on any atom is 0.250 e. The van der Waals surface area contributed by atoms with Crippen LogP contribution in [0.25, 0.3) is 10.9 Å². The number of nitrogens with one attached hydrogen (secondary N) is 2. The third kappa shape index (κ3) is 3.61. The third-order valence-electron chi connectivity index (χ3n) is 3.23. The summed E-state index contributed by atoms with van der Waals surface area (Å²) in [7, 11) is 1.48. The number of nitrogens with zero attached hydrogens (tertiary/aromatic N) is 2. The zero-order chi connectivity index (χ0) is 16.1. The van der Waals surface area contributed by atoms with Crippen LogP contribution in [0.4, 0.5) is 17.2 Å². The van der Waals surface area contributed by atoms with E-state index >= 15 is 0 Å². The number of anilines is 3. The van der Waals surface area contributed by atoms with E-state index in [1.165, 1.54) is 13.4 Å². The lowest BCUT2D eigenvalue weighted by Crippen LogP contribution is -2.17. The van der Waals surface area contributed by atoms with Crippen molar-refractivity contribution in [3.05, 3.63) is 54.9 Å². The molecule has 0 unspecified atom stereocenters. The van der Waals surface area contributed by atoms with Crippen LogP contribution >= 0.6 is 0 Å². The molecule has 0 saturated carbocycles. The molecule has 0 radical (unpaired) electrons. The Balaban J connectivity index is 1.93. The number of benzene rings is 2. The van der Waals surface area contributed by atoms with E-state index in [0.717, 1.165) is 16.6 Å². The fourth-order valence-electron chi connectivity index (χ4n) is 2.22. The topological polar surface area (TPSA) is 76.1 Å². The first kappa shape index (κ1) is 14.9. The van der Waals surface area contributed by atoms with Crippen LogP contribution in [0, 0.1) is 0 Å². The molecule has 0 fully saturated rings. The number of aromatic nitrogens is 2. The summed E-state index contributed by atoms with van der Waals surface area (Å²) in [6.45, 7) is 0.0124. The van der Waals surface area contributed by atoms with Crippen LogP contribution in [0.5, 0.6) is 0 Å². The molecule has 1 amide bonds. The van der Waals surface area contributed by atoms with Gasteiger partial charge in [0.15, 0.2) is 0 Å². The molecule has 3 rings (SSSR count). The minimum Gasteiger partial charge on any atom is -0.375 e. The van der Waals surface area contributed by atoms with Crippen LogP contribution in [-0.4, -0.2) is 29.6 Å². The molecule has 0 atom stereocenters. The van der Waals surface area contributed by atoms with Crippen LogP contribution < -0.4 is 10.6 Å². The molecule has 6 nitrogen and oxygen atoms in total. The highest BCUT2D eigenvalue weighted by Crippen LogP contribution is 2.25. The number of hydrogen-bond acceptors (Lipinski definition) is 5. The lowest BCUT2D eigenvalue weighted by molar-refractivity contribution is -0.119. The van der Waals surface area contributed by atoms with E-state index in [1.54, 1.807) is 6.07 Å². The summed E-state index contributed by atoms with van der Waals surface area (Å²) >= 11 is 0. The van der Waals surface area contributed by atoms with E-state index < -0.39 is 0 Å². The first-order chi connectivity index (χ1) is 11.3. The predicted octanol–water partition coefficient (Wildman–Crippen LogP) is 2.96. The SMILES string of the molecule is COCC(=O)Nc1ccc2ncnc(Nc3ccccc3)c2c1. The molecule has 116 valence electrons. The van der Waals surface area contributed by atoms with Gasteiger partial charge in [-0.1, -0.05) is 18.2 Å². The molecule has 23 heavy (non-hydrogen) atoms. The molecule has 0 aliphatic carbocycles. The summed E-state index contributed by atoms with van der Waals surface area (Å²) in [5, 5.41) is 6.87. The standard InChI is InChI=1S/C17H16N4O2/c1-23-10-16(22)20-13-7-8-15-14(9-13)17(19-11-18-15)21-12-5-3-2-4-6-12/h2-9,11H,10H2,1H3,(H,20,22)(H,18,19,21). The Hall–Kier alpha value is -2.99. The van der Waals surface area contributed by atoms with Crippen LogP contribution in [0.1, 0.15) is 0 Å². The fraction of sp³-hybridized carbons (Fsp3) is 0.118. The highest BCUT2D eigenvalue weighted by molar-refractivity contribution is 5.97. The average molecular weight is 308 g/mol. The highest BCUT2D eigenvalue weighted by Gasteiger charge is 2.07. The molecule has 6 heteroatoms. The number of para-hydroxylation sites is 1. The molecule has 0 aliphatic rings. The summed E-state index contributed by atoms with van der Waals surface area (Å²) < 4.78 is 4.82. The minimum absolute atomic E-state index is 0.0124. The number of ether oxygens (including phenoxy) is 1. The smallest absolute Gasteiger partial charge is 0.250 e. The van der Waals surface area contributed by atoms with Crippen molar-refractivity contribution in [3.8, 4) is 0 Å². The van der Waals surface area contributed by atoms with E-state index in [9.17, 15) is 4.79 Å². The van der Waals surface area contributed by atoms with Crippen LogP contribution in [0.15, 0.2) is 54.9 Å². The second-order valence-electron chi connectivity index (χ2n) is 4.93. The molecule has 0 spiro atoms. The first-order valence-corrected chi connectivity index (χ1v) is 7.12. The monoisotopic (exact) mass is 308 g/mol. The molecular formula is C17H16N4O2. The van der Waals surface area contributed by atoms with Gasteiger partial charge in [0.05, 0.1) is 5.52 Å². The molecule has 1 aromatic heterocycles. The molecule has 2 aromatic carbocycles. The maximum atomic E-state index is 11.6. The van der Waals surface area contributed by atoms with E-state index in [2.05, 4.69) is 20.6 Å². The molecule has 0 aliphatic heterocycles. The Morgan fingerprint density at radius 3 is 2.70 bits per heavy atom. The quantitative estimate of drug-likeness (QED) is 0.758. The Labute approximate surface area is 133 Å². The van der Waals surface area contributed by atoms with Crippen molar-refractivity contribution in [2.45, 2.75) is 0 Å². The molecule has 3 aromatic rings. The summed E-state index contributed by atoms with van der Waals surface area (Å²) in [5.41, 5.74) is 2.40. The van der Waals surface area contributed by atoms with Crippen molar-refractivity contribution >= 4 is 34.0 Å². The Bertz CT molecular complexity index is 821. The van der Waals surface area contributed by atoms with Gasteiger partial charge < -0.3 is 15.4 Å². The van der Waals surface area contributed by atoms with E-state index in [0.29, 0.717) is 11.5 Å². The van der Waals surface area contributed by atoms with Gasteiger partial charge in [-0.05, 0) is 30.3 Å². The van der Waals surface area contributed by atoms with Crippen molar-refractivity contribution in [1.82, 2.24) is 9.97 Å². The number of rotatable bonds is 5. The number of amides is 1. The van der Waals surface area contributed by atoms with Gasteiger partial charge in [-0.2, -0.15) is 0 Å². The van der Waals surface area contributed by atoms with Crippen molar-refractivity contribution in [2.75, 3.05) is 24.4 Å². The van der Waals surface area contributed by atoms with Gasteiger partial charge in [0.1, 0.15) is 18.8 Å². The zero-order valence-electron chi connectivity index (χ0n) is 12.6. The van der Waals surface area contributed by atoms with E-state index in [4.69, 9.17) is 4.74 Å². The first-order valence-electron chi connectivity index (χ1n) is 7.12. The number of hydrogen-bond donors (Lipinski definition) is 2. The van der Waals surface area contributed by atoms with Gasteiger partial charge in [0.2, 0.25) is 5.91 Å². The van der Waals surface area contributed by atoms with E-state index in [1.807, 2.05) is 42.5 Å². The maximum absolute atomic E-state index is 11.6. The predicted molar refractivity (Wildman–Crippen MR) is 89.8 cm³/mol. The van der Waals surface area contributed by atoms with Gasteiger partial charge in [-0.3, -0.25) is 4.79 Å². The lowest BCUT2D eigenvalue weighted by Gasteiger charge is -2.10. The fourth-order valence-corrected chi connectivity index (χ4v) is 2.22. The van der Waals surface area contributed by atoms with Crippen LogP contribution in [-0.2, 0) is 9.53 Å². The number of carbonyl (C=O) groups excluding carboxylic acids is 1. The third-order valence-corrected chi connectivity index (χ3v) is 3.23. The Kier molecular flexibility index (Phi) is 4.44. The summed E-state index contributed by atoms with van der Waals surface area (Å²) in [6, 6.07) is 15.2. The molecule has 2 N–H and O–H groups in total. The van der Waals surface area contributed by atoms with Gasteiger partial charge in [-0.15, -0.1) is 0 Å². The molecule has 0 bridgehead atoms. The second-order valence-corrected chi connectivity index (χ2v) is 4.93. The highest BCUT2D eigenvalue weighted by atomic mass is 16.5. The Morgan fingerprint density at radius 1 is 1.09 bits per heavy atom. The molecular weight excluding hydrogens is 292 g/mol. The second kappa shape index (κ2) is 6.85. The zero-order valence-corrected chi connectivity index (χ0v) is 12.6. The summed E-state index contributed by atoms with van der Waals surface area (Å²) in [4.78, 5) is 20.2. The average Bonchev–Trinajstić information content (AvgIpc) is 2.56. The van der Waals surface area contributed by atoms with Gasteiger partial charge in [0.25, 0.3) is 0 Å². The van der Waals surface area contributed by atoms with Crippen LogP contribution in [0.3, 0.4) is 0 Å². The largest absolute Gasteiger partial charge is 0.375 e. The van der Waals surface area contributed by atoms with Gasteiger partial charge in [0, 0.05) is 23.9 Å². The van der Waals surface area contributed by atoms with E-state index in [-0.39, 0.29) is 12.5 Å². The summed E-state index contributed by atoms with van der Waals surface area (Å²) in [6.07, 6.45) is 1.51. The number of fused-ring (bicyclic) bond motifs is 1. The number of methoxy groups -OCH3 is 1. The summed E-state index contributed by atoms with van der Waals surface area (Å²) in [5.74, 6) is 0.477. The van der Waals surface area contributed by atoms with Crippen molar-refractivity contribution in [2.24, 2.45) is 0 Å². The van der Waals surface area contributed by atoms with Crippen molar-refractivity contribution in [1.29, 1.82) is 0 Å². The number of carbonyl (C=O) groups is 1.